The van der Waals surface area contributed by atoms with Crippen LogP contribution in [0.1, 0.15) is 42.6 Å². The molecule has 1 rings (SSSR count). The Morgan fingerprint density at radius 3 is 2.22 bits per heavy atom. The van der Waals surface area contributed by atoms with E-state index in [0.29, 0.717) is 5.56 Å². The van der Waals surface area contributed by atoms with Crippen LogP contribution in [0.25, 0.3) is 0 Å². The minimum atomic E-state index is -3.56. The highest BCUT2D eigenvalue weighted by molar-refractivity contribution is 6.58. The molecule has 5 nitrogen and oxygen atoms in total. The van der Waals surface area contributed by atoms with Gasteiger partial charge in [-0.3, -0.25) is 4.79 Å². The zero-order valence-electron chi connectivity index (χ0n) is 10.8. The molecular formula is C12H19BNO4-. The average Bonchev–Trinajstić information content (AvgIpc) is 2.27. The van der Waals surface area contributed by atoms with Crippen molar-refractivity contribution in [3.63, 3.8) is 0 Å². The number of amides is 1. The fourth-order valence-electron chi connectivity index (χ4n) is 1.60. The number of nitrogens with one attached hydrogen (secondary N) is 1. The maximum Gasteiger partial charge on any atom is 0.393 e. The summed E-state index contributed by atoms with van der Waals surface area (Å²) in [5, 5.41) is 29.4. The lowest BCUT2D eigenvalue weighted by Crippen LogP contribution is -2.56. The van der Waals surface area contributed by atoms with E-state index in [-0.39, 0.29) is 5.92 Å². The SMILES string of the molecule is CC(C)c1ccccc1C(=O)N[C@H](C)[B-](O)(O)O. The Bertz CT molecular complexity index is 428. The molecule has 0 heterocycles. The Morgan fingerprint density at radius 1 is 1.17 bits per heavy atom. The second-order valence-electron chi connectivity index (χ2n) is 4.80. The van der Waals surface area contributed by atoms with E-state index >= 15 is 0 Å². The van der Waals surface area contributed by atoms with E-state index in [4.69, 9.17) is 15.1 Å². The monoisotopic (exact) mass is 252 g/mol. The van der Waals surface area contributed by atoms with Gasteiger partial charge in [-0.15, -0.1) is 0 Å². The van der Waals surface area contributed by atoms with Gasteiger partial charge in [-0.05, 0) is 23.5 Å². The largest absolute Gasteiger partial charge is 0.558 e. The van der Waals surface area contributed by atoms with Crippen LogP contribution in [-0.4, -0.2) is 33.7 Å². The molecular weight excluding hydrogens is 233 g/mol. The van der Waals surface area contributed by atoms with Crippen molar-refractivity contribution in [3.05, 3.63) is 35.4 Å². The molecule has 1 amide bonds. The van der Waals surface area contributed by atoms with Crippen molar-refractivity contribution in [1.82, 2.24) is 5.32 Å². The molecule has 0 saturated carbocycles. The summed E-state index contributed by atoms with van der Waals surface area (Å²) >= 11 is 0. The molecule has 0 spiro atoms. The van der Waals surface area contributed by atoms with Gasteiger partial charge in [-0.1, -0.05) is 39.0 Å². The Hall–Kier alpha value is -1.37. The van der Waals surface area contributed by atoms with Crippen molar-refractivity contribution in [2.45, 2.75) is 32.6 Å². The van der Waals surface area contributed by atoms with Gasteiger partial charge in [0, 0.05) is 5.56 Å². The van der Waals surface area contributed by atoms with Crippen molar-refractivity contribution in [1.29, 1.82) is 0 Å². The van der Waals surface area contributed by atoms with Crippen LogP contribution < -0.4 is 5.32 Å². The van der Waals surface area contributed by atoms with Crippen LogP contribution in [-0.2, 0) is 0 Å². The van der Waals surface area contributed by atoms with Crippen LogP contribution in [0.3, 0.4) is 0 Å². The lowest BCUT2D eigenvalue weighted by atomic mass is 9.71. The first-order chi connectivity index (χ1) is 8.23. The summed E-state index contributed by atoms with van der Waals surface area (Å²) < 4.78 is 0. The van der Waals surface area contributed by atoms with Gasteiger partial charge in [0.1, 0.15) is 0 Å². The summed E-state index contributed by atoms with van der Waals surface area (Å²) in [6.45, 7) is 1.70. The molecule has 0 radical (unpaired) electrons. The fourth-order valence-corrected chi connectivity index (χ4v) is 1.60. The highest BCUT2D eigenvalue weighted by atomic mass is 16.5. The number of benzene rings is 1. The molecule has 0 aliphatic heterocycles. The van der Waals surface area contributed by atoms with Crippen molar-refractivity contribution in [2.75, 3.05) is 0 Å². The molecule has 0 fully saturated rings. The maximum absolute atomic E-state index is 12.0. The molecule has 0 aliphatic carbocycles. The number of hydrogen-bond acceptors (Lipinski definition) is 4. The fraction of sp³-hybridized carbons (Fsp3) is 0.417. The molecule has 1 aromatic carbocycles. The maximum atomic E-state index is 12.0. The van der Waals surface area contributed by atoms with E-state index in [0.717, 1.165) is 5.56 Å². The van der Waals surface area contributed by atoms with Crippen LogP contribution in [0.15, 0.2) is 24.3 Å². The summed E-state index contributed by atoms with van der Waals surface area (Å²) in [5.41, 5.74) is 1.34. The quantitative estimate of drug-likeness (QED) is 0.583. The van der Waals surface area contributed by atoms with Gasteiger partial charge >= 0.3 is 6.75 Å². The first-order valence-corrected chi connectivity index (χ1v) is 5.95. The Morgan fingerprint density at radius 2 is 1.72 bits per heavy atom. The molecule has 18 heavy (non-hydrogen) atoms. The number of rotatable bonds is 4. The van der Waals surface area contributed by atoms with E-state index in [1.807, 2.05) is 26.0 Å². The minimum absolute atomic E-state index is 0.176. The van der Waals surface area contributed by atoms with Crippen LogP contribution in [0.2, 0.25) is 0 Å². The number of carbonyl (C=O) groups is 1. The minimum Gasteiger partial charge on any atom is -0.558 e. The van der Waals surface area contributed by atoms with Gasteiger partial charge in [0.05, 0.1) is 0 Å². The van der Waals surface area contributed by atoms with E-state index in [9.17, 15) is 4.79 Å². The third kappa shape index (κ3) is 3.56. The Labute approximate surface area is 106 Å². The van der Waals surface area contributed by atoms with Gasteiger partial charge in [0.2, 0.25) is 5.91 Å². The second-order valence-corrected chi connectivity index (χ2v) is 4.80. The van der Waals surface area contributed by atoms with E-state index in [2.05, 4.69) is 5.32 Å². The third-order valence-corrected chi connectivity index (χ3v) is 2.86. The first kappa shape index (κ1) is 14.7. The lowest BCUT2D eigenvalue weighted by molar-refractivity contribution is 0.0927. The molecule has 0 saturated heterocycles. The van der Waals surface area contributed by atoms with Crippen molar-refractivity contribution >= 4 is 12.7 Å². The van der Waals surface area contributed by atoms with E-state index in [1.165, 1.54) is 6.92 Å². The molecule has 0 aliphatic rings. The highest BCUT2D eigenvalue weighted by Gasteiger charge is 2.27. The molecule has 0 bridgehead atoms. The predicted octanol–water partition coefficient (Wildman–Crippen LogP) is 0.383. The Balaban J connectivity index is 2.92. The highest BCUT2D eigenvalue weighted by Crippen LogP contribution is 2.19. The summed E-state index contributed by atoms with van der Waals surface area (Å²) in [6.07, 6.45) is 0. The smallest absolute Gasteiger partial charge is 0.393 e. The van der Waals surface area contributed by atoms with Crippen LogP contribution >= 0.6 is 0 Å². The van der Waals surface area contributed by atoms with E-state index < -0.39 is 18.6 Å². The van der Waals surface area contributed by atoms with Crippen molar-refractivity contribution in [2.24, 2.45) is 0 Å². The predicted molar refractivity (Wildman–Crippen MR) is 69.9 cm³/mol. The van der Waals surface area contributed by atoms with Gasteiger partial charge in [-0.2, -0.15) is 0 Å². The first-order valence-electron chi connectivity index (χ1n) is 5.95. The number of carbonyl (C=O) groups excluding carboxylic acids is 1. The van der Waals surface area contributed by atoms with Crippen molar-refractivity contribution < 1.29 is 19.9 Å². The van der Waals surface area contributed by atoms with Crippen molar-refractivity contribution in [3.8, 4) is 0 Å². The summed E-state index contributed by atoms with van der Waals surface area (Å²) in [7, 11) is 0. The third-order valence-electron chi connectivity index (χ3n) is 2.86. The van der Waals surface area contributed by atoms with Gasteiger partial charge < -0.3 is 20.4 Å². The normalized spacial score (nSPS) is 13.5. The molecule has 0 aromatic heterocycles. The van der Waals surface area contributed by atoms with Crippen LogP contribution in [0.5, 0.6) is 0 Å². The summed E-state index contributed by atoms with van der Waals surface area (Å²) in [4.78, 5) is 12.0. The topological polar surface area (TPSA) is 89.8 Å². The number of hydrogen-bond donors (Lipinski definition) is 4. The van der Waals surface area contributed by atoms with Crippen LogP contribution in [0, 0.1) is 0 Å². The standard InChI is InChI=1S/C12H19BNO4/c1-8(2)10-6-4-5-7-11(10)12(15)14-9(3)13(16,17)18/h4-9,16-18H,1-3H3,(H,14,15)/q-1/t9-/m1/s1. The summed E-state index contributed by atoms with van der Waals surface area (Å²) in [5.74, 6) is -1.39. The summed E-state index contributed by atoms with van der Waals surface area (Å²) in [6, 6.07) is 7.09. The zero-order valence-corrected chi connectivity index (χ0v) is 10.8. The van der Waals surface area contributed by atoms with Gasteiger partial charge in [0.15, 0.2) is 0 Å². The molecule has 100 valence electrons. The van der Waals surface area contributed by atoms with Crippen LogP contribution in [0.4, 0.5) is 0 Å². The molecule has 1 atom stereocenters. The molecule has 0 unspecified atom stereocenters. The molecule has 4 N–H and O–H groups in total. The van der Waals surface area contributed by atoms with Gasteiger partial charge in [-0.25, -0.2) is 0 Å². The van der Waals surface area contributed by atoms with Gasteiger partial charge in [0.25, 0.3) is 0 Å². The molecule has 1 aromatic rings. The Kier molecular flexibility index (Phi) is 4.50. The lowest BCUT2D eigenvalue weighted by Gasteiger charge is -2.29. The molecule has 6 heteroatoms. The average molecular weight is 252 g/mol. The second kappa shape index (κ2) is 5.52. The zero-order chi connectivity index (χ0) is 13.9. The van der Waals surface area contributed by atoms with E-state index in [1.54, 1.807) is 12.1 Å².